The third-order valence-electron chi connectivity index (χ3n) is 2.77. The zero-order chi connectivity index (χ0) is 9.78. The number of hydrogen-bond acceptors (Lipinski definition) is 1. The van der Waals surface area contributed by atoms with E-state index in [0.29, 0.717) is 0 Å². The molecule has 0 N–H and O–H groups in total. The molecule has 0 fully saturated rings. The van der Waals surface area contributed by atoms with E-state index in [1.54, 1.807) is 0 Å². The third kappa shape index (κ3) is 3.06. The fourth-order valence-corrected chi connectivity index (χ4v) is 1.82. The minimum Gasteiger partial charge on any atom is -0.297 e. The Kier molecular flexibility index (Phi) is 5.42. The van der Waals surface area contributed by atoms with Crippen molar-refractivity contribution in [1.29, 1.82) is 0 Å². The van der Waals surface area contributed by atoms with Crippen molar-refractivity contribution in [3.63, 3.8) is 0 Å². The molecule has 0 aromatic heterocycles. The number of hydrogen-bond donors (Lipinski definition) is 0. The van der Waals surface area contributed by atoms with E-state index in [1.807, 2.05) is 0 Å². The van der Waals surface area contributed by atoms with Gasteiger partial charge in [0.05, 0.1) is 0 Å². The van der Waals surface area contributed by atoms with Crippen molar-refractivity contribution in [3.05, 3.63) is 0 Å². The van der Waals surface area contributed by atoms with Gasteiger partial charge in [0, 0.05) is 16.9 Å². The minimum atomic E-state index is 0.274. The first kappa shape index (κ1) is 12.4. The lowest BCUT2D eigenvalue weighted by molar-refractivity contribution is 0.115. The Morgan fingerprint density at radius 3 is 1.92 bits per heavy atom. The highest BCUT2D eigenvalue weighted by atomic mass is 79.9. The lowest BCUT2D eigenvalue weighted by Crippen LogP contribution is -2.48. The normalized spacial score (nSPS) is 13.0. The van der Waals surface area contributed by atoms with Crippen molar-refractivity contribution in [2.24, 2.45) is 0 Å². The van der Waals surface area contributed by atoms with E-state index in [9.17, 15) is 0 Å². The van der Waals surface area contributed by atoms with Crippen molar-refractivity contribution < 1.29 is 0 Å². The molecule has 0 aliphatic rings. The Labute approximate surface area is 85.7 Å². The summed E-state index contributed by atoms with van der Waals surface area (Å²) in [7, 11) is 2.22. The molecule has 0 aliphatic heterocycles. The highest BCUT2D eigenvalue weighted by Crippen LogP contribution is 2.20. The van der Waals surface area contributed by atoms with Crippen molar-refractivity contribution in [3.8, 4) is 0 Å². The predicted octanol–water partition coefficient (Wildman–Crippen LogP) is 3.28. The lowest BCUT2D eigenvalue weighted by atomic mass is 10.0. The summed E-state index contributed by atoms with van der Waals surface area (Å²) < 4.78 is 0. The zero-order valence-corrected chi connectivity index (χ0v) is 10.6. The minimum absolute atomic E-state index is 0.274. The van der Waals surface area contributed by atoms with Gasteiger partial charge in [-0.3, -0.25) is 4.90 Å². The molecule has 0 aliphatic carbocycles. The summed E-state index contributed by atoms with van der Waals surface area (Å²) in [5.74, 6) is 0. The smallest absolute Gasteiger partial charge is 0.0249 e. The van der Waals surface area contributed by atoms with E-state index in [4.69, 9.17) is 0 Å². The second-order valence-corrected chi connectivity index (χ2v) is 4.59. The van der Waals surface area contributed by atoms with Crippen LogP contribution < -0.4 is 0 Å². The van der Waals surface area contributed by atoms with Crippen molar-refractivity contribution >= 4 is 15.9 Å². The van der Waals surface area contributed by atoms with Gasteiger partial charge in [0.25, 0.3) is 0 Å². The summed E-state index contributed by atoms with van der Waals surface area (Å²) in [5.41, 5.74) is 0.274. The van der Waals surface area contributed by atoms with Crippen LogP contribution in [-0.4, -0.2) is 28.9 Å². The van der Waals surface area contributed by atoms with E-state index < -0.39 is 0 Å². The molecule has 0 amide bonds. The summed E-state index contributed by atoms with van der Waals surface area (Å²) in [6, 6.07) is 0.720. The maximum absolute atomic E-state index is 3.56. The van der Waals surface area contributed by atoms with Gasteiger partial charge >= 0.3 is 0 Å². The standard InChI is InChI=1S/C10H22BrN/c1-6-9(7-2)12(5)10(3,4)8-11/h9H,6-8H2,1-5H3. The molecular weight excluding hydrogens is 214 g/mol. The average Bonchev–Trinajstić information content (AvgIpc) is 2.06. The first-order chi connectivity index (χ1) is 5.49. The van der Waals surface area contributed by atoms with E-state index in [-0.39, 0.29) is 5.54 Å². The molecule has 0 spiro atoms. The Morgan fingerprint density at radius 1 is 1.25 bits per heavy atom. The maximum Gasteiger partial charge on any atom is 0.0249 e. The summed E-state index contributed by atoms with van der Waals surface area (Å²) in [5, 5.41) is 1.03. The molecule has 0 heterocycles. The number of halogens is 1. The number of alkyl halides is 1. The quantitative estimate of drug-likeness (QED) is 0.662. The van der Waals surface area contributed by atoms with E-state index >= 15 is 0 Å². The van der Waals surface area contributed by atoms with Crippen LogP contribution in [-0.2, 0) is 0 Å². The van der Waals surface area contributed by atoms with Gasteiger partial charge in [0.1, 0.15) is 0 Å². The molecule has 0 radical (unpaired) electrons. The summed E-state index contributed by atoms with van der Waals surface area (Å²) in [6.45, 7) is 9.07. The van der Waals surface area contributed by atoms with E-state index in [2.05, 4.69) is 55.6 Å². The highest BCUT2D eigenvalue weighted by molar-refractivity contribution is 9.09. The van der Waals surface area contributed by atoms with Crippen LogP contribution in [0.2, 0.25) is 0 Å². The molecule has 12 heavy (non-hydrogen) atoms. The zero-order valence-electron chi connectivity index (χ0n) is 9.02. The fourth-order valence-electron chi connectivity index (χ4n) is 1.42. The number of nitrogens with zero attached hydrogens (tertiary/aromatic N) is 1. The molecule has 0 bridgehead atoms. The van der Waals surface area contributed by atoms with Gasteiger partial charge in [0.15, 0.2) is 0 Å². The monoisotopic (exact) mass is 235 g/mol. The second-order valence-electron chi connectivity index (χ2n) is 4.03. The molecule has 0 saturated carbocycles. The largest absolute Gasteiger partial charge is 0.297 e. The molecule has 0 aromatic rings. The van der Waals surface area contributed by atoms with Crippen molar-refractivity contribution in [2.45, 2.75) is 52.1 Å². The predicted molar refractivity (Wildman–Crippen MR) is 60.0 cm³/mol. The van der Waals surface area contributed by atoms with Crippen LogP contribution in [0.3, 0.4) is 0 Å². The van der Waals surface area contributed by atoms with Gasteiger partial charge in [-0.1, -0.05) is 29.8 Å². The van der Waals surface area contributed by atoms with Gasteiger partial charge in [0.2, 0.25) is 0 Å². The fraction of sp³-hybridized carbons (Fsp3) is 1.00. The van der Waals surface area contributed by atoms with Crippen LogP contribution in [0.1, 0.15) is 40.5 Å². The molecule has 2 heteroatoms. The van der Waals surface area contributed by atoms with Gasteiger partial charge in [-0.05, 0) is 33.7 Å². The van der Waals surface area contributed by atoms with Crippen LogP contribution in [0.4, 0.5) is 0 Å². The van der Waals surface area contributed by atoms with Gasteiger partial charge < -0.3 is 0 Å². The Morgan fingerprint density at radius 2 is 1.67 bits per heavy atom. The Hall–Kier alpha value is 0.440. The number of rotatable bonds is 5. The SMILES string of the molecule is CCC(CC)N(C)C(C)(C)CBr. The molecule has 74 valence electrons. The van der Waals surface area contributed by atoms with E-state index in [0.717, 1.165) is 11.4 Å². The highest BCUT2D eigenvalue weighted by Gasteiger charge is 2.26. The average molecular weight is 236 g/mol. The molecule has 0 saturated heterocycles. The molecule has 0 aromatic carbocycles. The third-order valence-corrected chi connectivity index (χ3v) is 4.14. The topological polar surface area (TPSA) is 3.24 Å². The summed E-state index contributed by atoms with van der Waals surface area (Å²) >= 11 is 3.56. The van der Waals surface area contributed by atoms with Gasteiger partial charge in [-0.2, -0.15) is 0 Å². The Bertz CT molecular complexity index is 119. The first-order valence-corrected chi connectivity index (χ1v) is 5.90. The molecule has 1 nitrogen and oxygen atoms in total. The van der Waals surface area contributed by atoms with Crippen LogP contribution in [0.15, 0.2) is 0 Å². The lowest BCUT2D eigenvalue weighted by Gasteiger charge is -2.39. The van der Waals surface area contributed by atoms with E-state index in [1.165, 1.54) is 12.8 Å². The Balaban J connectivity index is 4.23. The van der Waals surface area contributed by atoms with Crippen LogP contribution in [0.25, 0.3) is 0 Å². The summed E-state index contributed by atoms with van der Waals surface area (Å²) in [6.07, 6.45) is 2.48. The second kappa shape index (κ2) is 5.23. The molecule has 0 unspecified atom stereocenters. The van der Waals surface area contributed by atoms with Gasteiger partial charge in [-0.15, -0.1) is 0 Å². The van der Waals surface area contributed by atoms with Gasteiger partial charge in [-0.25, -0.2) is 0 Å². The van der Waals surface area contributed by atoms with Crippen LogP contribution >= 0.6 is 15.9 Å². The van der Waals surface area contributed by atoms with Crippen LogP contribution in [0, 0.1) is 0 Å². The summed E-state index contributed by atoms with van der Waals surface area (Å²) in [4.78, 5) is 2.47. The molecule has 0 rings (SSSR count). The first-order valence-electron chi connectivity index (χ1n) is 4.78. The molecular formula is C10H22BrN. The maximum atomic E-state index is 3.56. The molecule has 0 atom stereocenters. The van der Waals surface area contributed by atoms with Crippen molar-refractivity contribution in [1.82, 2.24) is 4.90 Å². The van der Waals surface area contributed by atoms with Crippen molar-refractivity contribution in [2.75, 3.05) is 12.4 Å². The van der Waals surface area contributed by atoms with Crippen LogP contribution in [0.5, 0.6) is 0 Å².